The number of benzene rings is 8. The Hall–Kier alpha value is -5.94. The van der Waals surface area contributed by atoms with E-state index in [9.17, 15) is 0 Å². The van der Waals surface area contributed by atoms with Crippen molar-refractivity contribution in [2.45, 2.75) is 0 Å². The van der Waals surface area contributed by atoms with Crippen LogP contribution in [0.2, 0.25) is 0 Å². The van der Waals surface area contributed by atoms with Crippen molar-refractivity contribution >= 4 is 438 Å². The third-order valence-corrected chi connectivity index (χ3v) is 23.2. The smallest absolute Gasteiger partial charge is 0.180 e. The van der Waals surface area contributed by atoms with Crippen molar-refractivity contribution < 1.29 is 4.42 Å². The normalized spacial score (nSPS) is 11.9. The van der Waals surface area contributed by atoms with Gasteiger partial charge in [0.25, 0.3) is 0 Å². The molecule has 12 aromatic rings. The summed E-state index contributed by atoms with van der Waals surface area (Å²) in [5.74, 6) is 0.722. The van der Waals surface area contributed by atoms with Crippen LogP contribution in [0.15, 0.2) is 28.7 Å². The van der Waals surface area contributed by atoms with Gasteiger partial charge in [-0.2, -0.15) is 0 Å². The lowest BCUT2D eigenvalue weighted by Gasteiger charge is -2.27. The molecular weight excluding hydrogens is 999 g/mol. The summed E-state index contributed by atoms with van der Waals surface area (Å²) in [4.78, 5) is 11.4. The molecule has 5 nitrogen and oxygen atoms in total. The van der Waals surface area contributed by atoms with E-state index in [1.165, 1.54) is 214 Å². The summed E-state index contributed by atoms with van der Waals surface area (Å²) in [5, 5.41) is 6.44. The van der Waals surface area contributed by atoms with E-state index in [1.54, 1.807) is 0 Å². The van der Waals surface area contributed by atoms with E-state index in [2.05, 4.69) is 247 Å². The Labute approximate surface area is 527 Å². The van der Waals surface area contributed by atoms with E-state index in [1.807, 2.05) is 6.07 Å². The molecule has 12 rings (SSSR count). The van der Waals surface area contributed by atoms with Crippen molar-refractivity contribution in [1.82, 2.24) is 19.1 Å². The van der Waals surface area contributed by atoms with Crippen LogP contribution in [0.4, 0.5) is 0 Å². The molecular formula is C52H60B28N4O. The molecule has 0 amide bonds. The second kappa shape index (κ2) is 20.3. The second-order valence-electron chi connectivity index (χ2n) is 26.4. The number of hydrogen-bond acceptors (Lipinski definition) is 3. The van der Waals surface area contributed by atoms with Crippen LogP contribution in [0, 0.1) is 0 Å². The van der Waals surface area contributed by atoms with Crippen LogP contribution in [0.25, 0.3) is 111 Å². The highest BCUT2D eigenvalue weighted by Gasteiger charge is 2.33. The average Bonchev–Trinajstić information content (AvgIpc) is 1.63. The van der Waals surface area contributed by atoms with Crippen LogP contribution in [-0.4, -0.2) is 239 Å². The largest absolute Gasteiger partial charge is 0.452 e. The highest BCUT2D eigenvalue weighted by Crippen LogP contribution is 2.35. The predicted molar refractivity (Wildman–Crippen MR) is 463 cm³/mol. The summed E-state index contributed by atoms with van der Waals surface area (Å²) >= 11 is 0. The zero-order valence-electron chi connectivity index (χ0n) is 56.5. The van der Waals surface area contributed by atoms with E-state index in [4.69, 9.17) is 14.4 Å². The van der Waals surface area contributed by atoms with Crippen molar-refractivity contribution in [3.8, 4) is 45.1 Å². The maximum absolute atomic E-state index is 6.86. The minimum absolute atomic E-state index is 0.722. The van der Waals surface area contributed by atoms with Crippen LogP contribution in [0.5, 0.6) is 0 Å². The molecule has 0 aliphatic carbocycles. The lowest BCUT2D eigenvalue weighted by molar-refractivity contribution is 0.667. The maximum atomic E-state index is 6.86. The Morgan fingerprint density at radius 3 is 1.08 bits per heavy atom. The van der Waals surface area contributed by atoms with Crippen LogP contribution >= 0.6 is 0 Å². The second-order valence-corrected chi connectivity index (χ2v) is 26.4. The fraction of sp³-hybridized carbons (Fsp3) is 0. The van der Waals surface area contributed by atoms with Gasteiger partial charge in [0.15, 0.2) is 11.4 Å². The van der Waals surface area contributed by atoms with Crippen molar-refractivity contribution in [2.75, 3.05) is 0 Å². The zero-order valence-corrected chi connectivity index (χ0v) is 56.5. The summed E-state index contributed by atoms with van der Waals surface area (Å²) in [6.45, 7) is 0. The lowest BCUT2D eigenvalue weighted by atomic mass is 9.60. The molecule has 0 aliphatic heterocycles. The van der Waals surface area contributed by atoms with Crippen molar-refractivity contribution in [3.63, 3.8) is 0 Å². The van der Waals surface area contributed by atoms with Gasteiger partial charge >= 0.3 is 0 Å². The van der Waals surface area contributed by atoms with Gasteiger partial charge in [-0.3, -0.25) is 0 Å². The number of rotatable bonds is 5. The highest BCUT2D eigenvalue weighted by atomic mass is 16.3. The summed E-state index contributed by atoms with van der Waals surface area (Å²) in [6.07, 6.45) is 0. The van der Waals surface area contributed by atoms with E-state index < -0.39 is 0 Å². The number of fused-ring (bicyclic) bond motifs is 9. The lowest BCUT2D eigenvalue weighted by Crippen LogP contribution is -2.56. The number of para-hydroxylation sites is 1. The van der Waals surface area contributed by atoms with Gasteiger partial charge in [0, 0.05) is 49.8 Å². The average molecular weight is 1060 g/mol. The number of furan rings is 1. The van der Waals surface area contributed by atoms with E-state index in [0.29, 0.717) is 0 Å². The highest BCUT2D eigenvalue weighted by molar-refractivity contribution is 6.75. The Balaban J connectivity index is 1.25. The Bertz CT molecular complexity index is 5120. The van der Waals surface area contributed by atoms with E-state index >= 15 is 0 Å². The molecule has 4 aromatic heterocycles. The fourth-order valence-electron chi connectivity index (χ4n) is 16.2. The third kappa shape index (κ3) is 7.77. The molecule has 0 unspecified atom stereocenters. The maximum Gasteiger partial charge on any atom is 0.180 e. The van der Waals surface area contributed by atoms with Crippen molar-refractivity contribution in [1.29, 1.82) is 0 Å². The first-order valence-electron chi connectivity index (χ1n) is 31.0. The van der Waals surface area contributed by atoms with Crippen LogP contribution in [-0.2, 0) is 0 Å². The molecule has 85 heavy (non-hydrogen) atoms. The van der Waals surface area contributed by atoms with Gasteiger partial charge in [-0.1, -0.05) is 132 Å². The molecule has 0 atom stereocenters. The van der Waals surface area contributed by atoms with E-state index in [0.717, 1.165) is 50.2 Å². The van der Waals surface area contributed by atoms with Crippen molar-refractivity contribution in [2.24, 2.45) is 0 Å². The van der Waals surface area contributed by atoms with Gasteiger partial charge in [0.1, 0.15) is 236 Å². The summed E-state index contributed by atoms with van der Waals surface area (Å²) in [6, 6.07) is 8.35. The fourth-order valence-corrected chi connectivity index (χ4v) is 16.2. The minimum Gasteiger partial charge on any atom is -0.452 e. The number of aromatic nitrogens is 4. The third-order valence-electron chi connectivity index (χ3n) is 23.2. The molecule has 0 saturated heterocycles. The molecule has 0 fully saturated rings. The summed E-state index contributed by atoms with van der Waals surface area (Å²) in [5.41, 5.74) is 52.7. The first kappa shape index (κ1) is 59.4. The quantitative estimate of drug-likeness (QED) is 0.161. The zero-order chi connectivity index (χ0) is 61.8. The summed E-state index contributed by atoms with van der Waals surface area (Å²) < 4.78 is 12.3. The van der Waals surface area contributed by atoms with Gasteiger partial charge in [-0.15, -0.1) is 32.8 Å². The Morgan fingerprint density at radius 1 is 0.271 bits per heavy atom. The molecule has 8 aromatic carbocycles. The molecule has 0 saturated carbocycles. The molecule has 378 valence electrons. The first-order valence-corrected chi connectivity index (χ1v) is 31.0. The minimum atomic E-state index is 0.722. The molecule has 4 heterocycles. The molecule has 0 aliphatic rings. The van der Waals surface area contributed by atoms with Crippen LogP contribution in [0.3, 0.4) is 0 Å². The van der Waals surface area contributed by atoms with Crippen LogP contribution < -0.4 is 153 Å². The number of nitrogens with zero attached hydrogens (tertiary/aromatic N) is 4. The molecule has 0 spiro atoms. The number of hydrogen-bond donors (Lipinski definition) is 0. The van der Waals surface area contributed by atoms with Gasteiger partial charge in [-0.05, 0) is 45.0 Å². The van der Waals surface area contributed by atoms with Crippen molar-refractivity contribution in [3.05, 3.63) is 24.3 Å². The van der Waals surface area contributed by atoms with Gasteiger partial charge in [0.05, 0.1) is 0 Å². The Morgan fingerprint density at radius 2 is 0.588 bits per heavy atom. The summed E-state index contributed by atoms with van der Waals surface area (Å²) in [7, 11) is 65.5. The van der Waals surface area contributed by atoms with Gasteiger partial charge in [0.2, 0.25) is 0 Å². The standard InChI is InChI=1S/C52H60B28N4O/c53-15-7(17(55)37(75)46-9(15)10-19(57)26(64)33(71)38(76)47(10)84(46)50-41(79)35(73)32(70)36(74)42(50)80)8-16(54)18(56)11-12-20(58)27(65)34(72)39(77)48(12)83(45(11)24(8)62)49-25(63)14(23(61)30(68)40(49)78)52-81-43-5-3-1-2-4-6(5)85-51(43)44(82-52)13-21(59)28(66)31(69)29(67)22(13)60/h1-4H,53-80H2. The molecule has 0 radical (unpaired) electrons. The molecule has 0 bridgehead atoms. The topological polar surface area (TPSA) is 48.8 Å². The SMILES string of the molecule is Bc1c(B)c(B)c(-c2nc(-c3c(B)c(B)c(B)c(-n4c5c(B)c(B)c(B)c(B)c5c5c(B)c(B)c(-c6c(B)c(B)c7c(c6B)c6c(B)c(B)c(B)c(B)c6n7-c6c(B)c(B)c(B)c(B)c6B)c(B)c54)c3B)nc3c2oc2ccccc23)c(B)c1B. The van der Waals surface area contributed by atoms with Gasteiger partial charge in [-0.25, -0.2) is 9.97 Å². The van der Waals surface area contributed by atoms with Crippen LogP contribution in [0.1, 0.15) is 0 Å². The van der Waals surface area contributed by atoms with E-state index in [-0.39, 0.29) is 0 Å². The van der Waals surface area contributed by atoms with Gasteiger partial charge < -0.3 is 13.6 Å². The predicted octanol–water partition coefficient (Wildman–Crippen LogP) is -35.2. The monoisotopic (exact) mass is 1060 g/mol. The molecule has 33 heteroatoms. The first-order chi connectivity index (χ1) is 39.9. The Kier molecular flexibility index (Phi) is 14.2. The molecule has 0 N–H and O–H groups in total.